The molecule has 2 rings (SSSR count). The van der Waals surface area contributed by atoms with Crippen LogP contribution in [0.4, 0.5) is 0 Å². The van der Waals surface area contributed by atoms with Crippen LogP contribution in [0, 0.1) is 0 Å². The lowest BCUT2D eigenvalue weighted by Gasteiger charge is -2.07. The van der Waals surface area contributed by atoms with Crippen molar-refractivity contribution in [3.05, 3.63) is 109 Å². The van der Waals surface area contributed by atoms with Crippen LogP contribution in [0.25, 0.3) is 12.2 Å². The fraction of sp³-hybridized carbons (Fsp3) is 0.0833. The first-order valence-electron chi connectivity index (χ1n) is 8.57. The fourth-order valence-electron chi connectivity index (χ4n) is 2.03. The van der Waals surface area contributed by atoms with Crippen molar-refractivity contribution in [1.82, 2.24) is 0 Å². The quantitative estimate of drug-likeness (QED) is 0.461. The highest BCUT2D eigenvalue weighted by atomic mass is 16.5. The van der Waals surface area contributed by atoms with Gasteiger partial charge in [-0.05, 0) is 23.3 Å². The van der Waals surface area contributed by atoms with Crippen LogP contribution in [-0.2, 0) is 9.47 Å². The van der Waals surface area contributed by atoms with Gasteiger partial charge in [0.05, 0.1) is 11.1 Å². The van der Waals surface area contributed by atoms with Gasteiger partial charge in [-0.1, -0.05) is 87.0 Å². The summed E-state index contributed by atoms with van der Waals surface area (Å²) in [5.74, 6) is -1.16. The van der Waals surface area contributed by atoms with Crippen LogP contribution >= 0.6 is 0 Å². The Balaban J connectivity index is 0.000000330. The lowest BCUT2D eigenvalue weighted by atomic mass is 10.1. The summed E-state index contributed by atoms with van der Waals surface area (Å²) in [5.41, 5.74) is 2.64. The molecule has 4 nitrogen and oxygen atoms in total. The maximum atomic E-state index is 11.7. The summed E-state index contributed by atoms with van der Waals surface area (Å²) in [6.07, 6.45) is 6.56. The maximum absolute atomic E-state index is 11.7. The molecule has 0 aliphatic carbocycles. The Morgan fingerprint density at radius 2 is 1.04 bits per heavy atom. The van der Waals surface area contributed by atoms with Gasteiger partial charge in [0.25, 0.3) is 0 Å². The van der Waals surface area contributed by atoms with Crippen molar-refractivity contribution in [3.63, 3.8) is 0 Å². The standard InChI is InChI=1S/C14H14O4.C10H10/c1-3-9-17-13(15)11-7-5-6-8-12(11)14(16)18-10-4-2;1-3-9-5-7-10(4-2)8-6-9/h3-8H,1-2,9-10H2;3-8H,1-2H2. The van der Waals surface area contributed by atoms with Crippen LogP contribution < -0.4 is 0 Å². The Labute approximate surface area is 166 Å². The number of ether oxygens (including phenoxy) is 2. The number of hydrogen-bond donors (Lipinski definition) is 0. The first-order valence-corrected chi connectivity index (χ1v) is 8.57. The summed E-state index contributed by atoms with van der Waals surface area (Å²) in [6.45, 7) is 14.4. The third kappa shape index (κ3) is 7.30. The summed E-state index contributed by atoms with van der Waals surface area (Å²) in [4.78, 5) is 23.4. The lowest BCUT2D eigenvalue weighted by molar-refractivity contribution is 0.0503. The van der Waals surface area contributed by atoms with E-state index >= 15 is 0 Å². The van der Waals surface area contributed by atoms with E-state index in [4.69, 9.17) is 9.47 Å². The van der Waals surface area contributed by atoms with Crippen LogP contribution in [0.5, 0.6) is 0 Å². The molecule has 0 aliphatic rings. The zero-order valence-electron chi connectivity index (χ0n) is 15.8. The minimum absolute atomic E-state index is 0.0921. The minimum atomic E-state index is -0.582. The highest BCUT2D eigenvalue weighted by Gasteiger charge is 2.18. The number of carbonyl (C=O) groups is 2. The van der Waals surface area contributed by atoms with E-state index in [9.17, 15) is 9.59 Å². The zero-order valence-corrected chi connectivity index (χ0v) is 15.8. The SMILES string of the molecule is C=CCOC(=O)c1ccccc1C(=O)OCC=C.C=Cc1ccc(C=C)cc1. The topological polar surface area (TPSA) is 52.6 Å². The monoisotopic (exact) mass is 376 g/mol. The predicted octanol–water partition coefficient (Wildman–Crippen LogP) is 5.34. The molecular formula is C24H24O4. The summed E-state index contributed by atoms with van der Waals surface area (Å²) < 4.78 is 9.78. The van der Waals surface area contributed by atoms with Crippen LogP contribution in [-0.4, -0.2) is 25.2 Å². The Morgan fingerprint density at radius 1 is 0.679 bits per heavy atom. The van der Waals surface area contributed by atoms with E-state index in [1.165, 1.54) is 24.3 Å². The summed E-state index contributed by atoms with van der Waals surface area (Å²) >= 11 is 0. The minimum Gasteiger partial charge on any atom is -0.458 e. The molecule has 2 aromatic rings. The van der Waals surface area contributed by atoms with Crippen molar-refractivity contribution in [2.45, 2.75) is 0 Å². The summed E-state index contributed by atoms with van der Waals surface area (Å²) in [6, 6.07) is 14.4. The molecule has 2 aromatic carbocycles. The van der Waals surface area contributed by atoms with Crippen molar-refractivity contribution in [1.29, 1.82) is 0 Å². The Bertz CT molecular complexity index is 762. The summed E-state index contributed by atoms with van der Waals surface area (Å²) in [5, 5.41) is 0. The number of esters is 2. The molecule has 0 bridgehead atoms. The first-order chi connectivity index (χ1) is 13.6. The van der Waals surface area contributed by atoms with Gasteiger partial charge in [-0.3, -0.25) is 0 Å². The second-order valence-electron chi connectivity index (χ2n) is 5.39. The van der Waals surface area contributed by atoms with Gasteiger partial charge in [0.1, 0.15) is 13.2 Å². The van der Waals surface area contributed by atoms with Gasteiger partial charge in [0.15, 0.2) is 0 Å². The molecular weight excluding hydrogens is 352 g/mol. The average Bonchev–Trinajstić information content (AvgIpc) is 2.76. The molecule has 0 amide bonds. The number of rotatable bonds is 8. The van der Waals surface area contributed by atoms with Crippen molar-refractivity contribution in [2.75, 3.05) is 13.2 Å². The molecule has 0 fully saturated rings. The van der Waals surface area contributed by atoms with Crippen molar-refractivity contribution in [3.8, 4) is 0 Å². The van der Waals surface area contributed by atoms with Crippen LogP contribution in [0.1, 0.15) is 31.8 Å². The zero-order chi connectivity index (χ0) is 20.8. The predicted molar refractivity (Wildman–Crippen MR) is 114 cm³/mol. The van der Waals surface area contributed by atoms with Gasteiger partial charge in [-0.2, -0.15) is 0 Å². The van der Waals surface area contributed by atoms with E-state index < -0.39 is 11.9 Å². The Hall–Kier alpha value is -3.66. The van der Waals surface area contributed by atoms with Gasteiger partial charge in [-0.25, -0.2) is 9.59 Å². The molecule has 0 saturated heterocycles. The molecule has 0 radical (unpaired) electrons. The molecule has 0 spiro atoms. The molecule has 0 heterocycles. The lowest BCUT2D eigenvalue weighted by Crippen LogP contribution is -2.14. The summed E-state index contributed by atoms with van der Waals surface area (Å²) in [7, 11) is 0. The third-order valence-corrected chi connectivity index (χ3v) is 3.44. The second kappa shape index (κ2) is 12.7. The van der Waals surface area contributed by atoms with Crippen molar-refractivity contribution >= 4 is 24.1 Å². The van der Waals surface area contributed by atoms with Crippen molar-refractivity contribution in [2.24, 2.45) is 0 Å². The largest absolute Gasteiger partial charge is 0.458 e. The first kappa shape index (κ1) is 22.4. The maximum Gasteiger partial charge on any atom is 0.339 e. The highest BCUT2D eigenvalue weighted by molar-refractivity contribution is 6.03. The van der Waals surface area contributed by atoms with Gasteiger partial charge in [0, 0.05) is 0 Å². The van der Waals surface area contributed by atoms with E-state index in [1.54, 1.807) is 12.1 Å². The normalized spacial score (nSPS) is 9.14. The van der Waals surface area contributed by atoms with Gasteiger partial charge in [0.2, 0.25) is 0 Å². The van der Waals surface area contributed by atoms with E-state index in [0.717, 1.165) is 11.1 Å². The van der Waals surface area contributed by atoms with Crippen molar-refractivity contribution < 1.29 is 19.1 Å². The molecule has 0 unspecified atom stereocenters. The fourth-order valence-corrected chi connectivity index (χ4v) is 2.03. The second-order valence-corrected chi connectivity index (χ2v) is 5.39. The number of hydrogen-bond acceptors (Lipinski definition) is 4. The molecule has 0 saturated carbocycles. The molecule has 0 N–H and O–H groups in total. The van der Waals surface area contributed by atoms with E-state index in [0.29, 0.717) is 0 Å². The average molecular weight is 376 g/mol. The molecule has 0 aliphatic heterocycles. The van der Waals surface area contributed by atoms with Crippen LogP contribution in [0.2, 0.25) is 0 Å². The van der Waals surface area contributed by atoms with Crippen LogP contribution in [0.3, 0.4) is 0 Å². The molecule has 0 aromatic heterocycles. The third-order valence-electron chi connectivity index (χ3n) is 3.44. The van der Waals surface area contributed by atoms with Gasteiger partial charge >= 0.3 is 11.9 Å². The van der Waals surface area contributed by atoms with E-state index in [1.807, 2.05) is 36.4 Å². The van der Waals surface area contributed by atoms with E-state index in [2.05, 4.69) is 26.3 Å². The highest BCUT2D eigenvalue weighted by Crippen LogP contribution is 2.12. The smallest absolute Gasteiger partial charge is 0.339 e. The molecule has 144 valence electrons. The van der Waals surface area contributed by atoms with E-state index in [-0.39, 0.29) is 24.3 Å². The molecule has 4 heteroatoms. The Morgan fingerprint density at radius 3 is 1.32 bits per heavy atom. The van der Waals surface area contributed by atoms with Crippen LogP contribution in [0.15, 0.2) is 87.0 Å². The molecule has 28 heavy (non-hydrogen) atoms. The van der Waals surface area contributed by atoms with Gasteiger partial charge in [-0.15, -0.1) is 0 Å². The number of benzene rings is 2. The van der Waals surface area contributed by atoms with Gasteiger partial charge < -0.3 is 9.47 Å². The Kier molecular flexibility index (Phi) is 10.1. The number of carbonyl (C=O) groups excluding carboxylic acids is 2. The molecule has 0 atom stereocenters.